The Kier molecular flexibility index (Phi) is 8.09. The van der Waals surface area contributed by atoms with Crippen LogP contribution in [0.15, 0.2) is 34.2 Å². The minimum Gasteiger partial charge on any atom is -0.383 e. The van der Waals surface area contributed by atoms with Gasteiger partial charge in [-0.3, -0.25) is 14.2 Å². The number of thioether (sulfide) groups is 1. The van der Waals surface area contributed by atoms with Crippen molar-refractivity contribution < 1.29 is 14.3 Å². The van der Waals surface area contributed by atoms with E-state index in [2.05, 4.69) is 0 Å². The first-order valence-corrected chi connectivity index (χ1v) is 11.0. The van der Waals surface area contributed by atoms with E-state index >= 15 is 0 Å². The highest BCUT2D eigenvalue weighted by Crippen LogP contribution is 2.32. The van der Waals surface area contributed by atoms with Crippen LogP contribution in [0.3, 0.4) is 0 Å². The Hall–Kier alpha value is -1.90. The van der Waals surface area contributed by atoms with Crippen LogP contribution in [0.5, 0.6) is 0 Å². The number of nitrogens with zero attached hydrogens (tertiary/aromatic N) is 3. The zero-order valence-corrected chi connectivity index (χ0v) is 18.0. The maximum absolute atomic E-state index is 13.2. The number of rotatable bonds is 10. The van der Waals surface area contributed by atoms with Crippen LogP contribution < -0.4 is 5.56 Å². The van der Waals surface area contributed by atoms with Crippen molar-refractivity contribution in [3.05, 3.63) is 34.6 Å². The number of ether oxygens (including phenoxy) is 2. The van der Waals surface area contributed by atoms with Gasteiger partial charge in [0.05, 0.1) is 29.9 Å². The summed E-state index contributed by atoms with van der Waals surface area (Å²) in [5, 5.41) is 1.27. The summed E-state index contributed by atoms with van der Waals surface area (Å²) in [7, 11) is 3.24. The maximum Gasteiger partial charge on any atom is 0.262 e. The number of para-hydroxylation sites is 1. The third-order valence-corrected chi connectivity index (χ3v) is 6.21. The first-order valence-electron chi connectivity index (χ1n) is 10.1. The lowest BCUT2D eigenvalue weighted by Gasteiger charge is -2.23. The number of hydrogen-bond acceptors (Lipinski definition) is 6. The lowest BCUT2D eigenvalue weighted by molar-refractivity contribution is -0.129. The first-order chi connectivity index (χ1) is 14.2. The Morgan fingerprint density at radius 2 is 1.83 bits per heavy atom. The van der Waals surface area contributed by atoms with Gasteiger partial charge in [-0.2, -0.15) is 0 Å². The van der Waals surface area contributed by atoms with Crippen molar-refractivity contribution in [2.24, 2.45) is 0 Å². The molecule has 1 fully saturated rings. The molecule has 1 aliphatic carbocycles. The topological polar surface area (TPSA) is 73.7 Å². The van der Waals surface area contributed by atoms with Crippen LogP contribution in [0.1, 0.15) is 31.7 Å². The second-order valence-corrected chi connectivity index (χ2v) is 8.12. The van der Waals surface area contributed by atoms with Crippen LogP contribution >= 0.6 is 11.8 Å². The number of aromatic nitrogens is 2. The molecule has 0 aliphatic heterocycles. The van der Waals surface area contributed by atoms with Crippen LogP contribution in [0, 0.1) is 0 Å². The largest absolute Gasteiger partial charge is 0.383 e. The average molecular weight is 420 g/mol. The van der Waals surface area contributed by atoms with E-state index < -0.39 is 0 Å². The van der Waals surface area contributed by atoms with Crippen molar-refractivity contribution in [2.45, 2.75) is 36.9 Å². The summed E-state index contributed by atoms with van der Waals surface area (Å²) < 4.78 is 12.1. The van der Waals surface area contributed by atoms with E-state index in [-0.39, 0.29) is 23.3 Å². The van der Waals surface area contributed by atoms with E-state index in [1.54, 1.807) is 19.1 Å². The molecule has 7 nitrogen and oxygen atoms in total. The van der Waals surface area contributed by atoms with Gasteiger partial charge in [0.1, 0.15) is 0 Å². The number of amides is 1. The van der Waals surface area contributed by atoms with E-state index in [0.717, 1.165) is 25.7 Å². The van der Waals surface area contributed by atoms with Gasteiger partial charge < -0.3 is 14.4 Å². The van der Waals surface area contributed by atoms with Gasteiger partial charge >= 0.3 is 0 Å². The molecule has 1 aliphatic rings. The molecule has 0 radical (unpaired) electrons. The lowest BCUT2D eigenvalue weighted by atomic mass is 10.2. The molecule has 8 heteroatoms. The molecular formula is C21H29N3O4S. The van der Waals surface area contributed by atoms with Crippen molar-refractivity contribution in [3.63, 3.8) is 0 Å². The zero-order valence-electron chi connectivity index (χ0n) is 17.1. The van der Waals surface area contributed by atoms with Gasteiger partial charge in [0.2, 0.25) is 5.91 Å². The molecule has 0 saturated heterocycles. The van der Waals surface area contributed by atoms with Crippen LogP contribution in [0.25, 0.3) is 10.9 Å². The molecule has 1 aromatic heterocycles. The fourth-order valence-electron chi connectivity index (χ4n) is 3.69. The van der Waals surface area contributed by atoms with Crippen molar-refractivity contribution in [3.8, 4) is 0 Å². The van der Waals surface area contributed by atoms with Gasteiger partial charge in [0.15, 0.2) is 5.16 Å². The van der Waals surface area contributed by atoms with E-state index in [0.29, 0.717) is 42.4 Å². The molecule has 3 rings (SSSR count). The second kappa shape index (κ2) is 10.8. The van der Waals surface area contributed by atoms with Gasteiger partial charge in [0.25, 0.3) is 5.56 Å². The summed E-state index contributed by atoms with van der Waals surface area (Å²) in [5.41, 5.74) is 0.672. The van der Waals surface area contributed by atoms with Crippen molar-refractivity contribution >= 4 is 28.6 Å². The second-order valence-electron chi connectivity index (χ2n) is 7.18. The van der Waals surface area contributed by atoms with E-state index in [1.165, 1.54) is 11.8 Å². The summed E-state index contributed by atoms with van der Waals surface area (Å²) >= 11 is 1.35. The van der Waals surface area contributed by atoms with Crippen molar-refractivity contribution in [1.82, 2.24) is 14.5 Å². The highest BCUT2D eigenvalue weighted by molar-refractivity contribution is 7.99. The summed E-state index contributed by atoms with van der Waals surface area (Å²) in [5.74, 6) is 0.217. The quantitative estimate of drug-likeness (QED) is 0.436. The Morgan fingerprint density at radius 1 is 1.17 bits per heavy atom. The number of carbonyl (C=O) groups is 1. The van der Waals surface area contributed by atoms with Gasteiger partial charge in [-0.15, -0.1) is 0 Å². The van der Waals surface area contributed by atoms with Crippen LogP contribution in [0.2, 0.25) is 0 Å². The molecule has 1 saturated carbocycles. The molecule has 2 aromatic rings. The highest BCUT2D eigenvalue weighted by atomic mass is 32.2. The normalized spacial score (nSPS) is 14.6. The predicted octanol–water partition coefficient (Wildman–Crippen LogP) is 2.73. The number of hydrogen-bond donors (Lipinski definition) is 0. The van der Waals surface area contributed by atoms with Crippen LogP contribution in [-0.4, -0.2) is 66.6 Å². The summed E-state index contributed by atoms with van der Waals surface area (Å²) in [4.78, 5) is 32.4. The number of fused-ring (bicyclic) bond motifs is 1. The minimum atomic E-state index is -0.00974. The highest BCUT2D eigenvalue weighted by Gasteiger charge is 2.24. The Bertz CT molecular complexity index is 872. The molecule has 0 atom stereocenters. The molecule has 158 valence electrons. The number of methoxy groups -OCH3 is 2. The van der Waals surface area contributed by atoms with Crippen LogP contribution in [-0.2, 0) is 14.3 Å². The lowest BCUT2D eigenvalue weighted by Crippen LogP contribution is -2.37. The van der Waals surface area contributed by atoms with E-state index in [4.69, 9.17) is 14.5 Å². The molecular weight excluding hydrogens is 390 g/mol. The maximum atomic E-state index is 13.2. The van der Waals surface area contributed by atoms with Crippen LogP contribution in [0.4, 0.5) is 0 Å². The number of carbonyl (C=O) groups excluding carboxylic acids is 1. The molecule has 1 heterocycles. The fourth-order valence-corrected chi connectivity index (χ4v) is 4.66. The summed E-state index contributed by atoms with van der Waals surface area (Å²) in [6, 6.07) is 7.59. The summed E-state index contributed by atoms with van der Waals surface area (Å²) in [6.07, 6.45) is 4.20. The third-order valence-electron chi connectivity index (χ3n) is 5.27. The third kappa shape index (κ3) is 5.38. The molecule has 0 N–H and O–H groups in total. The van der Waals surface area contributed by atoms with E-state index in [1.807, 2.05) is 28.8 Å². The zero-order chi connectivity index (χ0) is 20.6. The monoisotopic (exact) mass is 419 g/mol. The van der Waals surface area contributed by atoms with Crippen molar-refractivity contribution in [1.29, 1.82) is 0 Å². The Balaban J connectivity index is 1.83. The molecule has 1 aromatic carbocycles. The van der Waals surface area contributed by atoms with Gasteiger partial charge in [0, 0.05) is 33.4 Å². The molecule has 0 spiro atoms. The SMILES string of the molecule is COCCN(CCOC)C(=O)CSc1nc2ccccc2c(=O)n1C1CCCC1. The first kappa shape index (κ1) is 21.8. The smallest absolute Gasteiger partial charge is 0.262 e. The van der Waals surface area contributed by atoms with E-state index in [9.17, 15) is 9.59 Å². The summed E-state index contributed by atoms with van der Waals surface area (Å²) in [6.45, 7) is 1.97. The standard InChI is InChI=1S/C21H29N3O4S/c1-27-13-11-23(12-14-28-2)19(25)15-29-21-22-18-10-6-5-9-17(18)20(26)24(21)16-7-3-4-8-16/h5-6,9-10,16H,3-4,7-8,11-15H2,1-2H3. The predicted molar refractivity (Wildman–Crippen MR) is 115 cm³/mol. The van der Waals surface area contributed by atoms with Crippen molar-refractivity contribution in [2.75, 3.05) is 46.3 Å². The van der Waals surface area contributed by atoms with Gasteiger partial charge in [-0.25, -0.2) is 4.98 Å². The van der Waals surface area contributed by atoms with Gasteiger partial charge in [-0.1, -0.05) is 36.7 Å². The molecule has 0 bridgehead atoms. The Morgan fingerprint density at radius 3 is 2.48 bits per heavy atom. The molecule has 1 amide bonds. The fraction of sp³-hybridized carbons (Fsp3) is 0.571. The Labute approximate surface area is 175 Å². The molecule has 0 unspecified atom stereocenters. The van der Waals surface area contributed by atoms with Gasteiger partial charge in [-0.05, 0) is 25.0 Å². The average Bonchev–Trinajstić information content (AvgIpc) is 3.26. The minimum absolute atomic E-state index is 0.00642. The number of benzene rings is 1. The molecule has 29 heavy (non-hydrogen) atoms.